The Balaban J connectivity index is 2.20. The highest BCUT2D eigenvalue weighted by atomic mass is 19.1. The summed E-state index contributed by atoms with van der Waals surface area (Å²) in [6.07, 6.45) is 2.50. The minimum Gasteiger partial charge on any atom is -0.484 e. The summed E-state index contributed by atoms with van der Waals surface area (Å²) >= 11 is 0. The van der Waals surface area contributed by atoms with Gasteiger partial charge in [0.15, 0.2) is 17.4 Å². The van der Waals surface area contributed by atoms with Crippen molar-refractivity contribution in [3.05, 3.63) is 29.8 Å². The van der Waals surface area contributed by atoms with Gasteiger partial charge in [-0.3, -0.25) is 0 Å². The number of hydrogen-bond acceptors (Lipinski definition) is 2. The van der Waals surface area contributed by atoms with Crippen LogP contribution in [-0.2, 0) is 0 Å². The minimum absolute atomic E-state index is 0.0382. The Morgan fingerprint density at radius 2 is 1.84 bits per heavy atom. The van der Waals surface area contributed by atoms with Crippen LogP contribution in [0.25, 0.3) is 0 Å². The smallest absolute Gasteiger partial charge is 0.191 e. The van der Waals surface area contributed by atoms with Gasteiger partial charge in [0.2, 0.25) is 0 Å². The fraction of sp³-hybridized carbons (Fsp3) is 0.600. The SMILES string of the molecule is CCC1(CC)C(NC)CC1Oc1c(F)cccc1F. The molecule has 0 aromatic heterocycles. The lowest BCUT2D eigenvalue weighted by atomic mass is 9.58. The number of ether oxygens (including phenoxy) is 1. The molecule has 1 fully saturated rings. The van der Waals surface area contributed by atoms with Crippen LogP contribution < -0.4 is 10.1 Å². The maximum Gasteiger partial charge on any atom is 0.191 e. The fourth-order valence-corrected chi connectivity index (χ4v) is 3.25. The summed E-state index contributed by atoms with van der Waals surface area (Å²) in [7, 11) is 1.92. The quantitative estimate of drug-likeness (QED) is 0.883. The Morgan fingerprint density at radius 1 is 1.26 bits per heavy atom. The minimum atomic E-state index is -0.631. The lowest BCUT2D eigenvalue weighted by Crippen LogP contribution is -2.63. The number of hydrogen-bond donors (Lipinski definition) is 1. The highest BCUT2D eigenvalue weighted by Gasteiger charge is 2.53. The summed E-state index contributed by atoms with van der Waals surface area (Å²) in [4.78, 5) is 0. The summed E-state index contributed by atoms with van der Waals surface area (Å²) in [5.74, 6) is -1.50. The van der Waals surface area contributed by atoms with Gasteiger partial charge in [-0.25, -0.2) is 8.78 Å². The standard InChI is InChI=1S/C15H21F2NO/c1-4-15(5-2)12(18-3)9-13(15)19-14-10(16)7-6-8-11(14)17/h6-8,12-13,18H,4-5,9H2,1-3H3. The summed E-state index contributed by atoms with van der Waals surface area (Å²) in [5.41, 5.74) is -0.0382. The number of benzene rings is 1. The Kier molecular flexibility index (Phi) is 4.09. The molecular weight excluding hydrogens is 248 g/mol. The molecule has 2 unspecified atom stereocenters. The lowest BCUT2D eigenvalue weighted by Gasteiger charge is -2.55. The first-order valence-corrected chi connectivity index (χ1v) is 6.87. The van der Waals surface area contributed by atoms with Gasteiger partial charge in [0.1, 0.15) is 6.10 Å². The highest BCUT2D eigenvalue weighted by molar-refractivity contribution is 5.27. The predicted octanol–water partition coefficient (Wildman–Crippen LogP) is 3.51. The van der Waals surface area contributed by atoms with Gasteiger partial charge in [0.25, 0.3) is 0 Å². The van der Waals surface area contributed by atoms with Crippen LogP contribution in [0.1, 0.15) is 33.1 Å². The van der Waals surface area contributed by atoms with E-state index in [1.165, 1.54) is 18.2 Å². The van der Waals surface area contributed by atoms with Crippen molar-refractivity contribution in [2.75, 3.05) is 7.05 Å². The van der Waals surface area contributed by atoms with E-state index in [-0.39, 0.29) is 17.3 Å². The van der Waals surface area contributed by atoms with Crippen LogP contribution in [0.5, 0.6) is 5.75 Å². The van der Waals surface area contributed by atoms with Crippen LogP contribution in [-0.4, -0.2) is 19.2 Å². The first kappa shape index (κ1) is 14.3. The molecular formula is C15H21F2NO. The fourth-order valence-electron chi connectivity index (χ4n) is 3.25. The molecule has 1 aliphatic carbocycles. The van der Waals surface area contributed by atoms with Gasteiger partial charge >= 0.3 is 0 Å². The van der Waals surface area contributed by atoms with Crippen LogP contribution in [0.4, 0.5) is 8.78 Å². The molecule has 2 rings (SSSR count). The molecule has 0 heterocycles. The van der Waals surface area contributed by atoms with Crippen LogP contribution >= 0.6 is 0 Å². The first-order valence-electron chi connectivity index (χ1n) is 6.87. The number of nitrogens with one attached hydrogen (secondary N) is 1. The summed E-state index contributed by atoms with van der Waals surface area (Å²) in [6.45, 7) is 4.20. The second-order valence-corrected chi connectivity index (χ2v) is 5.17. The van der Waals surface area contributed by atoms with Crippen molar-refractivity contribution < 1.29 is 13.5 Å². The number of rotatable bonds is 5. The van der Waals surface area contributed by atoms with E-state index in [1.807, 2.05) is 7.05 Å². The van der Waals surface area contributed by atoms with Crippen molar-refractivity contribution in [1.82, 2.24) is 5.32 Å². The maximum absolute atomic E-state index is 13.6. The van der Waals surface area contributed by atoms with Crippen molar-refractivity contribution in [1.29, 1.82) is 0 Å². The zero-order valence-corrected chi connectivity index (χ0v) is 11.7. The van der Waals surface area contributed by atoms with Crippen molar-refractivity contribution in [3.63, 3.8) is 0 Å². The molecule has 0 spiro atoms. The van der Waals surface area contributed by atoms with E-state index >= 15 is 0 Å². The molecule has 1 aromatic carbocycles. The molecule has 1 aromatic rings. The molecule has 0 radical (unpaired) electrons. The van der Waals surface area contributed by atoms with Gasteiger partial charge < -0.3 is 10.1 Å². The zero-order valence-electron chi connectivity index (χ0n) is 11.7. The van der Waals surface area contributed by atoms with Gasteiger partial charge in [-0.05, 0) is 32.0 Å². The van der Waals surface area contributed by atoms with Gasteiger partial charge in [-0.15, -0.1) is 0 Å². The van der Waals surface area contributed by atoms with Crippen molar-refractivity contribution in [2.24, 2.45) is 5.41 Å². The first-order chi connectivity index (χ1) is 9.08. The van der Waals surface area contributed by atoms with E-state index in [0.29, 0.717) is 6.04 Å². The third-order valence-corrected chi connectivity index (χ3v) is 4.63. The van der Waals surface area contributed by atoms with E-state index in [2.05, 4.69) is 19.2 Å². The molecule has 0 aliphatic heterocycles. The van der Waals surface area contributed by atoms with Crippen LogP contribution in [0.15, 0.2) is 18.2 Å². The molecule has 2 atom stereocenters. The van der Waals surface area contributed by atoms with Gasteiger partial charge in [0, 0.05) is 17.9 Å². The number of halogens is 2. The van der Waals surface area contributed by atoms with E-state index in [4.69, 9.17) is 4.74 Å². The Bertz CT molecular complexity index is 426. The number of para-hydroxylation sites is 1. The molecule has 2 nitrogen and oxygen atoms in total. The Labute approximate surface area is 113 Å². The molecule has 0 bridgehead atoms. The van der Waals surface area contributed by atoms with E-state index in [0.717, 1.165) is 19.3 Å². The second kappa shape index (κ2) is 5.45. The van der Waals surface area contributed by atoms with Crippen LogP contribution in [0, 0.1) is 17.0 Å². The zero-order chi connectivity index (χ0) is 14.0. The summed E-state index contributed by atoms with van der Waals surface area (Å²) in [6, 6.07) is 4.15. The van der Waals surface area contributed by atoms with Gasteiger partial charge in [0.05, 0.1) is 0 Å². The van der Waals surface area contributed by atoms with Gasteiger partial charge in [-0.2, -0.15) is 0 Å². The van der Waals surface area contributed by atoms with Crippen LogP contribution in [0.2, 0.25) is 0 Å². The maximum atomic E-state index is 13.6. The van der Waals surface area contributed by atoms with Gasteiger partial charge in [-0.1, -0.05) is 19.9 Å². The molecule has 1 N–H and O–H groups in total. The third kappa shape index (κ3) is 2.22. The van der Waals surface area contributed by atoms with E-state index < -0.39 is 11.6 Å². The molecule has 0 saturated heterocycles. The highest BCUT2D eigenvalue weighted by Crippen LogP contribution is 2.49. The molecule has 1 saturated carbocycles. The molecule has 0 amide bonds. The normalized spacial score (nSPS) is 24.9. The second-order valence-electron chi connectivity index (χ2n) is 5.17. The predicted molar refractivity (Wildman–Crippen MR) is 71.3 cm³/mol. The van der Waals surface area contributed by atoms with Crippen molar-refractivity contribution >= 4 is 0 Å². The topological polar surface area (TPSA) is 21.3 Å². The Hall–Kier alpha value is -1.16. The average molecular weight is 269 g/mol. The van der Waals surface area contributed by atoms with Crippen LogP contribution in [0.3, 0.4) is 0 Å². The summed E-state index contributed by atoms with van der Waals surface area (Å²) in [5, 5.41) is 3.27. The lowest BCUT2D eigenvalue weighted by molar-refractivity contribution is -0.0864. The van der Waals surface area contributed by atoms with Crippen molar-refractivity contribution in [3.8, 4) is 5.75 Å². The van der Waals surface area contributed by atoms with Crippen molar-refractivity contribution in [2.45, 2.75) is 45.3 Å². The average Bonchev–Trinajstić information content (AvgIpc) is 2.38. The third-order valence-electron chi connectivity index (χ3n) is 4.63. The molecule has 106 valence electrons. The summed E-state index contributed by atoms with van der Waals surface area (Å²) < 4.78 is 32.9. The van der Waals surface area contributed by atoms with E-state index in [9.17, 15) is 8.78 Å². The molecule has 4 heteroatoms. The monoisotopic (exact) mass is 269 g/mol. The van der Waals surface area contributed by atoms with E-state index in [1.54, 1.807) is 0 Å². The Morgan fingerprint density at radius 3 is 2.32 bits per heavy atom. The molecule has 1 aliphatic rings. The molecule has 19 heavy (non-hydrogen) atoms. The largest absolute Gasteiger partial charge is 0.484 e.